The highest BCUT2D eigenvalue weighted by Gasteiger charge is 2.35. The summed E-state index contributed by atoms with van der Waals surface area (Å²) in [5.41, 5.74) is -1.39. The van der Waals surface area contributed by atoms with E-state index in [1.165, 1.54) is 17.6 Å². The first-order chi connectivity index (χ1) is 20.0. The Balaban J connectivity index is 1.37. The van der Waals surface area contributed by atoms with E-state index < -0.39 is 29.1 Å². The van der Waals surface area contributed by atoms with Gasteiger partial charge >= 0.3 is 17.8 Å². The third-order valence-electron chi connectivity index (χ3n) is 6.92. The molecule has 0 aliphatic carbocycles. The van der Waals surface area contributed by atoms with E-state index in [4.69, 9.17) is 14.2 Å². The summed E-state index contributed by atoms with van der Waals surface area (Å²) in [4.78, 5) is 39.8. The summed E-state index contributed by atoms with van der Waals surface area (Å²) in [7, 11) is 0.964. The molecule has 10 nitrogen and oxygen atoms in total. The average Bonchev–Trinajstić information content (AvgIpc) is 3.38. The SMILES string of the molecule is Cc1ccc(OCC(=O)OCCN2CCOCC2)cc1-c1nsc2ccc(-n3c(=O)cc(C(F)(F)F)n(C)c3=O)cc12. The molecule has 0 saturated carbocycles. The van der Waals surface area contributed by atoms with Crippen LogP contribution < -0.4 is 16.0 Å². The van der Waals surface area contributed by atoms with Crippen molar-refractivity contribution in [1.82, 2.24) is 18.4 Å². The second kappa shape index (κ2) is 12.1. The Morgan fingerprint density at radius 3 is 2.60 bits per heavy atom. The van der Waals surface area contributed by atoms with Gasteiger partial charge in [0.15, 0.2) is 6.61 Å². The van der Waals surface area contributed by atoms with Crippen molar-refractivity contribution in [2.45, 2.75) is 13.1 Å². The highest BCUT2D eigenvalue weighted by molar-refractivity contribution is 7.13. The van der Waals surface area contributed by atoms with Gasteiger partial charge in [-0.3, -0.25) is 14.3 Å². The van der Waals surface area contributed by atoms with E-state index in [1.54, 1.807) is 30.3 Å². The molecule has 42 heavy (non-hydrogen) atoms. The van der Waals surface area contributed by atoms with Crippen molar-refractivity contribution in [3.63, 3.8) is 0 Å². The van der Waals surface area contributed by atoms with E-state index >= 15 is 0 Å². The summed E-state index contributed by atoms with van der Waals surface area (Å²) in [5.74, 6) is -0.0939. The van der Waals surface area contributed by atoms with Crippen molar-refractivity contribution < 1.29 is 32.2 Å². The topological polar surface area (TPSA) is 105 Å². The number of hydrogen-bond donors (Lipinski definition) is 0. The van der Waals surface area contributed by atoms with Crippen molar-refractivity contribution in [2.75, 3.05) is 46.1 Å². The maximum Gasteiger partial charge on any atom is 0.431 e. The number of morpholine rings is 1. The molecule has 0 bridgehead atoms. The minimum Gasteiger partial charge on any atom is -0.482 e. The van der Waals surface area contributed by atoms with Crippen molar-refractivity contribution in [2.24, 2.45) is 7.05 Å². The van der Waals surface area contributed by atoms with E-state index in [1.807, 2.05) is 6.92 Å². The lowest BCUT2D eigenvalue weighted by Gasteiger charge is -2.26. The van der Waals surface area contributed by atoms with Crippen molar-refractivity contribution >= 4 is 27.6 Å². The van der Waals surface area contributed by atoms with Crippen LogP contribution in [0, 0.1) is 6.92 Å². The Labute approximate surface area is 241 Å². The van der Waals surface area contributed by atoms with Gasteiger partial charge in [-0.25, -0.2) is 14.2 Å². The highest BCUT2D eigenvalue weighted by atomic mass is 32.1. The standard InChI is InChI=1S/C28H27F3N4O6S/c1-17-3-5-19(41-16-25(37)40-12-9-34-7-10-39-11-8-34)14-20(17)26-21-13-18(4-6-22(21)42-32-26)35-24(36)15-23(28(29,30)31)33(2)27(35)38/h3-6,13-15H,7-12,16H2,1-2H3. The third-order valence-corrected chi connectivity index (χ3v) is 7.74. The first-order valence-corrected chi connectivity index (χ1v) is 13.8. The Morgan fingerprint density at radius 2 is 1.86 bits per heavy atom. The molecular weight excluding hydrogens is 577 g/mol. The van der Waals surface area contributed by atoms with Crippen LogP contribution in [0.5, 0.6) is 5.75 Å². The highest BCUT2D eigenvalue weighted by Crippen LogP contribution is 2.35. The Morgan fingerprint density at radius 1 is 1.10 bits per heavy atom. The number of carbonyl (C=O) groups is 1. The monoisotopic (exact) mass is 604 g/mol. The molecule has 2 aromatic carbocycles. The van der Waals surface area contributed by atoms with Gasteiger partial charge < -0.3 is 14.2 Å². The van der Waals surface area contributed by atoms with Crippen LogP contribution in [0.2, 0.25) is 0 Å². The van der Waals surface area contributed by atoms with Crippen LogP contribution in [0.25, 0.3) is 27.0 Å². The van der Waals surface area contributed by atoms with Crippen molar-refractivity contribution in [1.29, 1.82) is 0 Å². The second-order valence-corrected chi connectivity index (χ2v) is 10.5. The largest absolute Gasteiger partial charge is 0.482 e. The molecule has 5 rings (SSSR count). The number of carbonyl (C=O) groups excluding carboxylic acids is 1. The number of aryl methyl sites for hydroxylation is 1. The summed E-state index contributed by atoms with van der Waals surface area (Å²) in [6, 6.07) is 10.3. The molecule has 0 unspecified atom stereocenters. The van der Waals surface area contributed by atoms with E-state index in [-0.39, 0.29) is 18.9 Å². The van der Waals surface area contributed by atoms with Crippen LogP contribution >= 0.6 is 11.5 Å². The number of esters is 1. The molecule has 14 heteroatoms. The van der Waals surface area contributed by atoms with Crippen LogP contribution in [0.1, 0.15) is 11.3 Å². The van der Waals surface area contributed by atoms with Gasteiger partial charge in [-0.2, -0.15) is 17.5 Å². The zero-order valence-electron chi connectivity index (χ0n) is 22.8. The Kier molecular flexibility index (Phi) is 8.48. The average molecular weight is 605 g/mol. The molecule has 0 N–H and O–H groups in total. The maximum atomic E-state index is 13.3. The maximum absolute atomic E-state index is 13.3. The van der Waals surface area contributed by atoms with Gasteiger partial charge in [0.25, 0.3) is 5.56 Å². The number of hydrogen-bond acceptors (Lipinski definition) is 9. The fourth-order valence-corrected chi connectivity index (χ4v) is 5.41. The molecule has 1 fully saturated rings. The molecule has 2 aromatic heterocycles. The fraction of sp³-hybridized carbons (Fsp3) is 0.357. The van der Waals surface area contributed by atoms with Crippen LogP contribution in [0.3, 0.4) is 0 Å². The lowest BCUT2D eigenvalue weighted by molar-refractivity contribution is -0.146. The lowest BCUT2D eigenvalue weighted by atomic mass is 10.0. The number of benzene rings is 2. The number of halogens is 3. The van der Waals surface area contributed by atoms with Gasteiger partial charge in [0.2, 0.25) is 0 Å². The van der Waals surface area contributed by atoms with Gasteiger partial charge in [-0.15, -0.1) is 0 Å². The molecule has 0 amide bonds. The molecule has 4 aromatic rings. The minimum atomic E-state index is -4.86. The summed E-state index contributed by atoms with van der Waals surface area (Å²) in [6.45, 7) is 5.36. The third kappa shape index (κ3) is 6.25. The van der Waals surface area contributed by atoms with Gasteiger partial charge in [-0.1, -0.05) is 6.07 Å². The second-order valence-electron chi connectivity index (χ2n) is 9.69. The number of alkyl halides is 3. The van der Waals surface area contributed by atoms with Crippen LogP contribution in [0.4, 0.5) is 13.2 Å². The fourth-order valence-electron chi connectivity index (χ4n) is 4.64. The smallest absolute Gasteiger partial charge is 0.431 e. The van der Waals surface area contributed by atoms with Gasteiger partial charge in [0.1, 0.15) is 18.1 Å². The molecular formula is C28H27F3N4O6S. The van der Waals surface area contributed by atoms with E-state index in [0.29, 0.717) is 57.4 Å². The molecule has 222 valence electrons. The Bertz CT molecular complexity index is 1740. The number of aromatic nitrogens is 3. The zero-order chi connectivity index (χ0) is 30.0. The van der Waals surface area contributed by atoms with E-state index in [0.717, 1.165) is 30.4 Å². The number of fused-ring (bicyclic) bond motifs is 1. The predicted octanol–water partition coefficient (Wildman–Crippen LogP) is 3.39. The summed E-state index contributed by atoms with van der Waals surface area (Å²) < 4.78 is 62.5. The molecule has 0 atom stereocenters. The molecule has 1 saturated heterocycles. The minimum absolute atomic E-state index is 0.105. The molecule has 1 aliphatic heterocycles. The lowest BCUT2D eigenvalue weighted by Crippen LogP contribution is -2.40. The first kappa shape index (κ1) is 29.5. The molecule has 0 spiro atoms. The number of nitrogens with zero attached hydrogens (tertiary/aromatic N) is 4. The van der Waals surface area contributed by atoms with Gasteiger partial charge in [0, 0.05) is 43.7 Å². The van der Waals surface area contributed by atoms with Gasteiger partial charge in [0.05, 0.1) is 29.3 Å². The van der Waals surface area contributed by atoms with Crippen LogP contribution in [0.15, 0.2) is 52.1 Å². The molecule has 1 aliphatic rings. The van der Waals surface area contributed by atoms with Crippen molar-refractivity contribution in [3.05, 3.63) is 74.6 Å². The van der Waals surface area contributed by atoms with Crippen LogP contribution in [-0.4, -0.2) is 70.4 Å². The molecule has 0 radical (unpaired) electrons. The Hall–Kier alpha value is -4.01. The predicted molar refractivity (Wildman–Crippen MR) is 149 cm³/mol. The quantitative estimate of drug-likeness (QED) is 0.282. The summed E-state index contributed by atoms with van der Waals surface area (Å²) >= 11 is 1.19. The first-order valence-electron chi connectivity index (χ1n) is 13.0. The number of ether oxygens (including phenoxy) is 3. The zero-order valence-corrected chi connectivity index (χ0v) is 23.6. The van der Waals surface area contributed by atoms with Gasteiger partial charge in [-0.05, 0) is 54.4 Å². The van der Waals surface area contributed by atoms with Crippen molar-refractivity contribution in [3.8, 4) is 22.7 Å². The van der Waals surface area contributed by atoms with E-state index in [9.17, 15) is 27.6 Å². The normalized spacial score (nSPS) is 14.3. The molecule has 3 heterocycles. The summed E-state index contributed by atoms with van der Waals surface area (Å²) in [5, 5.41) is 0.592. The summed E-state index contributed by atoms with van der Waals surface area (Å²) in [6.07, 6.45) is -4.86. The van der Waals surface area contributed by atoms with Crippen LogP contribution in [-0.2, 0) is 27.5 Å². The van der Waals surface area contributed by atoms with E-state index in [2.05, 4.69) is 9.27 Å². The number of rotatable bonds is 8.